The van der Waals surface area contributed by atoms with Gasteiger partial charge in [-0.15, -0.1) is 0 Å². The van der Waals surface area contributed by atoms with Gasteiger partial charge < -0.3 is 10.1 Å². The van der Waals surface area contributed by atoms with Crippen LogP contribution >= 0.6 is 0 Å². The lowest BCUT2D eigenvalue weighted by molar-refractivity contribution is 0.406. The molecule has 1 aromatic carbocycles. The van der Waals surface area contributed by atoms with Crippen molar-refractivity contribution in [2.24, 2.45) is 0 Å². The third-order valence-corrected chi connectivity index (χ3v) is 2.99. The Balaban J connectivity index is 2.22. The van der Waals surface area contributed by atoms with Crippen molar-refractivity contribution in [2.75, 3.05) is 0 Å². The van der Waals surface area contributed by atoms with Gasteiger partial charge in [0.2, 0.25) is 0 Å². The molecule has 3 nitrogen and oxygen atoms in total. The molecule has 0 amide bonds. The first kappa shape index (κ1) is 15.4. The number of halogens is 1. The molecule has 1 aromatic heterocycles. The van der Waals surface area contributed by atoms with E-state index in [0.717, 1.165) is 11.1 Å². The molecule has 2 aromatic rings. The monoisotopic (exact) mass is 288 g/mol. The highest BCUT2D eigenvalue weighted by molar-refractivity contribution is 5.37. The van der Waals surface area contributed by atoms with Gasteiger partial charge in [-0.3, -0.25) is 4.98 Å². The van der Waals surface area contributed by atoms with Crippen LogP contribution < -0.4 is 10.1 Å². The van der Waals surface area contributed by atoms with Gasteiger partial charge in [0, 0.05) is 23.8 Å². The van der Waals surface area contributed by atoms with E-state index in [1.807, 2.05) is 13.0 Å². The van der Waals surface area contributed by atoms with E-state index < -0.39 is 0 Å². The Morgan fingerprint density at radius 3 is 2.67 bits per heavy atom. The molecule has 21 heavy (non-hydrogen) atoms. The van der Waals surface area contributed by atoms with Crippen molar-refractivity contribution in [1.82, 2.24) is 10.3 Å². The Labute approximate surface area is 125 Å². The number of benzene rings is 1. The van der Waals surface area contributed by atoms with Gasteiger partial charge >= 0.3 is 0 Å². The minimum absolute atomic E-state index is 0.00484. The molecule has 0 bridgehead atoms. The second-order valence-corrected chi connectivity index (χ2v) is 6.12. The number of ether oxygens (including phenoxy) is 1. The maximum Gasteiger partial charge on any atom is 0.165 e. The summed E-state index contributed by atoms with van der Waals surface area (Å²) in [5, 5.41) is 3.39. The van der Waals surface area contributed by atoms with E-state index in [9.17, 15) is 4.39 Å². The summed E-state index contributed by atoms with van der Waals surface area (Å²) >= 11 is 0. The SMILES string of the molecule is Cc1ccc(F)c(Oc2cnccc2CNC(C)(C)C)c1. The highest BCUT2D eigenvalue weighted by atomic mass is 19.1. The van der Waals surface area contributed by atoms with Gasteiger partial charge in [0.15, 0.2) is 11.6 Å². The molecule has 0 atom stereocenters. The minimum atomic E-state index is -0.376. The van der Waals surface area contributed by atoms with Gasteiger partial charge in [-0.2, -0.15) is 0 Å². The van der Waals surface area contributed by atoms with Crippen molar-refractivity contribution in [2.45, 2.75) is 39.8 Å². The van der Waals surface area contributed by atoms with Gasteiger partial charge in [0.05, 0.1) is 6.20 Å². The summed E-state index contributed by atoms with van der Waals surface area (Å²) in [5.74, 6) is 0.415. The van der Waals surface area contributed by atoms with Crippen molar-refractivity contribution < 1.29 is 9.13 Å². The molecule has 4 heteroatoms. The quantitative estimate of drug-likeness (QED) is 0.915. The molecular weight excluding hydrogens is 267 g/mol. The summed E-state index contributed by atoms with van der Waals surface area (Å²) in [5.41, 5.74) is 1.89. The number of hydrogen-bond acceptors (Lipinski definition) is 3. The Hall–Kier alpha value is -1.94. The van der Waals surface area contributed by atoms with Crippen LogP contribution in [-0.2, 0) is 6.54 Å². The molecular formula is C17H21FN2O. The molecule has 0 unspecified atom stereocenters. The lowest BCUT2D eigenvalue weighted by Crippen LogP contribution is -2.35. The first-order valence-corrected chi connectivity index (χ1v) is 6.97. The molecule has 0 aliphatic carbocycles. The molecule has 0 saturated carbocycles. The number of pyridine rings is 1. The van der Waals surface area contributed by atoms with E-state index >= 15 is 0 Å². The zero-order valence-electron chi connectivity index (χ0n) is 12.9. The number of aryl methyl sites for hydroxylation is 1. The topological polar surface area (TPSA) is 34.1 Å². The Morgan fingerprint density at radius 2 is 1.95 bits per heavy atom. The van der Waals surface area contributed by atoms with Crippen molar-refractivity contribution in [3.63, 3.8) is 0 Å². The van der Waals surface area contributed by atoms with Crippen LogP contribution in [0.2, 0.25) is 0 Å². The van der Waals surface area contributed by atoms with Crippen molar-refractivity contribution in [3.05, 3.63) is 53.6 Å². The Bertz CT molecular complexity index is 620. The predicted molar refractivity (Wildman–Crippen MR) is 82.0 cm³/mol. The van der Waals surface area contributed by atoms with Crippen molar-refractivity contribution in [1.29, 1.82) is 0 Å². The maximum atomic E-state index is 13.8. The van der Waals surface area contributed by atoms with Crippen LogP contribution in [0.3, 0.4) is 0 Å². The van der Waals surface area contributed by atoms with Gasteiger partial charge in [-0.25, -0.2) is 4.39 Å². The third-order valence-electron chi connectivity index (χ3n) is 2.99. The number of nitrogens with one attached hydrogen (secondary N) is 1. The van der Waals surface area contributed by atoms with Gasteiger partial charge in [-0.05, 0) is 51.5 Å². The number of nitrogens with zero attached hydrogens (tertiary/aromatic N) is 1. The summed E-state index contributed by atoms with van der Waals surface area (Å²) in [4.78, 5) is 4.06. The summed E-state index contributed by atoms with van der Waals surface area (Å²) < 4.78 is 19.5. The van der Waals surface area contributed by atoms with Gasteiger partial charge in [0.25, 0.3) is 0 Å². The molecule has 0 aliphatic rings. The second-order valence-electron chi connectivity index (χ2n) is 6.12. The zero-order valence-corrected chi connectivity index (χ0v) is 12.9. The maximum absolute atomic E-state index is 13.8. The van der Waals surface area contributed by atoms with Crippen molar-refractivity contribution in [3.8, 4) is 11.5 Å². The lowest BCUT2D eigenvalue weighted by atomic mass is 10.1. The highest BCUT2D eigenvalue weighted by Crippen LogP contribution is 2.27. The third kappa shape index (κ3) is 4.53. The molecule has 0 aliphatic heterocycles. The summed E-state index contributed by atoms with van der Waals surface area (Å²) in [6.07, 6.45) is 3.32. The number of aromatic nitrogens is 1. The second kappa shape index (κ2) is 6.22. The molecule has 0 radical (unpaired) electrons. The fraction of sp³-hybridized carbons (Fsp3) is 0.353. The summed E-state index contributed by atoms with van der Waals surface area (Å²) in [7, 11) is 0. The standard InChI is InChI=1S/C17H21FN2O/c1-12-5-6-14(18)15(9-12)21-16-11-19-8-7-13(16)10-20-17(2,3)4/h5-9,11,20H,10H2,1-4H3. The predicted octanol–water partition coefficient (Wildman–Crippen LogP) is 4.21. The number of rotatable bonds is 4. The van der Waals surface area contributed by atoms with Gasteiger partial charge in [0.1, 0.15) is 5.75 Å². The van der Waals surface area contributed by atoms with Crippen LogP contribution in [0.25, 0.3) is 0 Å². The molecule has 1 N–H and O–H groups in total. The van der Waals surface area contributed by atoms with Crippen LogP contribution in [0.5, 0.6) is 11.5 Å². The summed E-state index contributed by atoms with van der Waals surface area (Å²) in [6.45, 7) is 8.81. The fourth-order valence-corrected chi connectivity index (χ4v) is 1.81. The Kier molecular flexibility index (Phi) is 4.58. The van der Waals surface area contributed by atoms with E-state index in [1.165, 1.54) is 6.07 Å². The lowest BCUT2D eigenvalue weighted by Gasteiger charge is -2.21. The molecule has 1 heterocycles. The van der Waals surface area contributed by atoms with Gasteiger partial charge in [-0.1, -0.05) is 6.07 Å². The van der Waals surface area contributed by atoms with Crippen LogP contribution in [0.15, 0.2) is 36.7 Å². The largest absolute Gasteiger partial charge is 0.452 e. The average Bonchev–Trinajstić information content (AvgIpc) is 2.41. The first-order valence-electron chi connectivity index (χ1n) is 6.97. The van der Waals surface area contributed by atoms with E-state index in [0.29, 0.717) is 12.3 Å². The molecule has 0 fully saturated rings. The molecule has 2 rings (SSSR count). The highest BCUT2D eigenvalue weighted by Gasteiger charge is 2.13. The smallest absolute Gasteiger partial charge is 0.165 e. The first-order chi connectivity index (χ1) is 9.85. The molecule has 112 valence electrons. The minimum Gasteiger partial charge on any atom is -0.452 e. The number of hydrogen-bond donors (Lipinski definition) is 1. The van der Waals surface area contributed by atoms with E-state index in [2.05, 4.69) is 31.1 Å². The van der Waals surface area contributed by atoms with Crippen LogP contribution in [-0.4, -0.2) is 10.5 Å². The molecule has 0 spiro atoms. The van der Waals surface area contributed by atoms with Crippen molar-refractivity contribution >= 4 is 0 Å². The zero-order chi connectivity index (χ0) is 15.5. The summed E-state index contributed by atoms with van der Waals surface area (Å²) in [6, 6.07) is 6.69. The average molecular weight is 288 g/mol. The Morgan fingerprint density at radius 1 is 1.19 bits per heavy atom. The van der Waals surface area contributed by atoms with Crippen LogP contribution in [0.1, 0.15) is 31.9 Å². The normalized spacial score (nSPS) is 11.5. The van der Waals surface area contributed by atoms with E-state index in [4.69, 9.17) is 4.74 Å². The van der Waals surface area contributed by atoms with Crippen LogP contribution in [0.4, 0.5) is 4.39 Å². The van der Waals surface area contributed by atoms with E-state index in [1.54, 1.807) is 24.5 Å². The van der Waals surface area contributed by atoms with E-state index in [-0.39, 0.29) is 17.1 Å². The molecule has 0 saturated heterocycles. The van der Waals surface area contributed by atoms with Crippen LogP contribution in [0, 0.1) is 12.7 Å². The fourth-order valence-electron chi connectivity index (χ4n) is 1.81.